The van der Waals surface area contributed by atoms with E-state index in [1.54, 1.807) is 12.3 Å². The summed E-state index contributed by atoms with van der Waals surface area (Å²) in [6.45, 7) is 6.07. The molecule has 2 unspecified atom stereocenters. The minimum absolute atomic E-state index is 0.133. The van der Waals surface area contributed by atoms with Crippen LogP contribution in [0.3, 0.4) is 0 Å². The van der Waals surface area contributed by atoms with E-state index in [0.717, 1.165) is 24.2 Å². The second-order valence-electron chi connectivity index (χ2n) is 5.98. The average Bonchev–Trinajstić information content (AvgIpc) is 3.13. The number of carbonyl (C=O) groups is 1. The lowest BCUT2D eigenvalue weighted by molar-refractivity contribution is -0.134. The summed E-state index contributed by atoms with van der Waals surface area (Å²) >= 11 is 1.29. The molecule has 0 saturated carbocycles. The molecule has 124 valence electrons. The maximum atomic E-state index is 12.5. The van der Waals surface area contributed by atoms with Gasteiger partial charge in [-0.15, -0.1) is 10.2 Å². The van der Waals surface area contributed by atoms with Crippen molar-refractivity contribution in [2.45, 2.75) is 57.3 Å². The van der Waals surface area contributed by atoms with Crippen molar-refractivity contribution in [3.8, 4) is 11.5 Å². The number of thioether (sulfide) groups is 1. The number of rotatable bonds is 4. The lowest BCUT2D eigenvalue weighted by Gasteiger charge is -2.39. The van der Waals surface area contributed by atoms with E-state index in [2.05, 4.69) is 24.0 Å². The van der Waals surface area contributed by atoms with Gasteiger partial charge in [-0.2, -0.15) is 0 Å². The van der Waals surface area contributed by atoms with E-state index in [4.69, 9.17) is 8.83 Å². The summed E-state index contributed by atoms with van der Waals surface area (Å²) in [4.78, 5) is 14.5. The highest BCUT2D eigenvalue weighted by Crippen LogP contribution is 2.28. The first-order chi connectivity index (χ1) is 11.1. The van der Waals surface area contributed by atoms with Crippen LogP contribution in [0.5, 0.6) is 0 Å². The van der Waals surface area contributed by atoms with E-state index >= 15 is 0 Å². The van der Waals surface area contributed by atoms with Gasteiger partial charge in [-0.3, -0.25) is 4.79 Å². The first kappa shape index (κ1) is 16.1. The molecule has 0 N–H and O–H groups in total. The summed E-state index contributed by atoms with van der Waals surface area (Å²) in [5, 5.41) is 8.43. The predicted molar refractivity (Wildman–Crippen MR) is 87.1 cm³/mol. The van der Waals surface area contributed by atoms with Crippen LogP contribution in [0.2, 0.25) is 0 Å². The highest BCUT2D eigenvalue weighted by Gasteiger charge is 2.29. The molecule has 2 aromatic rings. The zero-order chi connectivity index (χ0) is 16.4. The van der Waals surface area contributed by atoms with Gasteiger partial charge in [0.15, 0.2) is 0 Å². The smallest absolute Gasteiger partial charge is 0.277 e. The molecule has 0 aliphatic carbocycles. The molecule has 2 atom stereocenters. The number of likely N-dealkylation sites (tertiary alicyclic amines) is 1. The van der Waals surface area contributed by atoms with Crippen LogP contribution in [0, 0.1) is 6.92 Å². The van der Waals surface area contributed by atoms with Crippen molar-refractivity contribution in [1.29, 1.82) is 0 Å². The van der Waals surface area contributed by atoms with Crippen LogP contribution in [0.4, 0.5) is 0 Å². The maximum absolute atomic E-state index is 12.5. The molecule has 0 radical (unpaired) electrons. The van der Waals surface area contributed by atoms with Crippen molar-refractivity contribution in [3.63, 3.8) is 0 Å². The molecule has 2 aromatic heterocycles. The summed E-state index contributed by atoms with van der Waals surface area (Å²) in [7, 11) is 0. The first-order valence-electron chi connectivity index (χ1n) is 7.88. The average molecular weight is 335 g/mol. The molecular formula is C16H21N3O3S. The molecular weight excluding hydrogens is 314 g/mol. The molecule has 1 fully saturated rings. The SMILES string of the molecule is Cc1occc1-c1nnc(SCC(=O)N2C(C)CCCC2C)o1. The Bertz CT molecular complexity index is 672. The van der Waals surface area contributed by atoms with Crippen LogP contribution in [0.15, 0.2) is 26.4 Å². The molecule has 1 amide bonds. The topological polar surface area (TPSA) is 72.4 Å². The van der Waals surface area contributed by atoms with Gasteiger partial charge in [0.1, 0.15) is 5.76 Å². The fourth-order valence-corrected chi connectivity index (χ4v) is 3.73. The monoisotopic (exact) mass is 335 g/mol. The Morgan fingerprint density at radius 3 is 2.74 bits per heavy atom. The summed E-state index contributed by atoms with van der Waals surface area (Å²) in [6, 6.07) is 2.40. The van der Waals surface area contributed by atoms with Gasteiger partial charge in [0.25, 0.3) is 11.1 Å². The lowest BCUT2D eigenvalue weighted by Crippen LogP contribution is -2.48. The number of hydrogen-bond acceptors (Lipinski definition) is 6. The zero-order valence-corrected chi connectivity index (χ0v) is 14.4. The number of nitrogens with zero attached hydrogens (tertiary/aromatic N) is 3. The summed E-state index contributed by atoms with van der Waals surface area (Å²) in [5.74, 6) is 1.61. The maximum Gasteiger partial charge on any atom is 0.277 e. The van der Waals surface area contributed by atoms with Gasteiger partial charge >= 0.3 is 0 Å². The molecule has 1 saturated heterocycles. The third-order valence-corrected chi connectivity index (χ3v) is 5.10. The lowest BCUT2D eigenvalue weighted by atomic mass is 9.98. The largest absolute Gasteiger partial charge is 0.469 e. The number of carbonyl (C=O) groups excluding carboxylic acids is 1. The third kappa shape index (κ3) is 3.44. The van der Waals surface area contributed by atoms with Gasteiger partial charge in [0.2, 0.25) is 5.91 Å². The van der Waals surface area contributed by atoms with E-state index in [1.807, 2.05) is 11.8 Å². The van der Waals surface area contributed by atoms with Gasteiger partial charge in [-0.1, -0.05) is 11.8 Å². The number of hydrogen-bond donors (Lipinski definition) is 0. The number of aryl methyl sites for hydroxylation is 1. The Morgan fingerprint density at radius 1 is 1.35 bits per heavy atom. The zero-order valence-electron chi connectivity index (χ0n) is 13.6. The molecule has 0 spiro atoms. The molecule has 6 nitrogen and oxygen atoms in total. The Balaban J connectivity index is 1.61. The van der Waals surface area contributed by atoms with Crippen LogP contribution < -0.4 is 0 Å². The van der Waals surface area contributed by atoms with Crippen molar-refractivity contribution in [2.75, 3.05) is 5.75 Å². The standard InChI is InChI=1S/C16H21N3O3S/c1-10-5-4-6-11(2)19(10)14(20)9-23-16-18-17-15(22-16)13-7-8-21-12(13)3/h7-8,10-11H,4-6,9H2,1-3H3. The number of piperidine rings is 1. The Labute approximate surface area is 139 Å². The predicted octanol–water partition coefficient (Wildman–Crippen LogP) is 3.52. The van der Waals surface area contributed by atoms with Crippen molar-refractivity contribution in [2.24, 2.45) is 0 Å². The van der Waals surface area contributed by atoms with E-state index in [9.17, 15) is 4.79 Å². The summed E-state index contributed by atoms with van der Waals surface area (Å²) in [6.07, 6.45) is 4.93. The van der Waals surface area contributed by atoms with E-state index in [0.29, 0.717) is 29.0 Å². The van der Waals surface area contributed by atoms with Gasteiger partial charge in [-0.05, 0) is 46.1 Å². The van der Waals surface area contributed by atoms with Gasteiger partial charge in [0.05, 0.1) is 17.6 Å². The van der Waals surface area contributed by atoms with E-state index in [-0.39, 0.29) is 5.91 Å². The molecule has 1 aliphatic rings. The minimum Gasteiger partial charge on any atom is -0.469 e. The highest BCUT2D eigenvalue weighted by atomic mass is 32.2. The van der Waals surface area contributed by atoms with Crippen LogP contribution in [0.1, 0.15) is 38.9 Å². The van der Waals surface area contributed by atoms with Gasteiger partial charge in [0, 0.05) is 12.1 Å². The minimum atomic E-state index is 0.133. The fraction of sp³-hybridized carbons (Fsp3) is 0.562. The second kappa shape index (κ2) is 6.78. The van der Waals surface area contributed by atoms with Crippen LogP contribution in [-0.2, 0) is 4.79 Å². The summed E-state index contributed by atoms with van der Waals surface area (Å²) < 4.78 is 10.8. The number of aromatic nitrogens is 2. The van der Waals surface area contributed by atoms with E-state index in [1.165, 1.54) is 18.2 Å². The van der Waals surface area contributed by atoms with Crippen molar-refractivity contribution >= 4 is 17.7 Å². The van der Waals surface area contributed by atoms with Crippen LogP contribution in [0.25, 0.3) is 11.5 Å². The molecule has 3 heterocycles. The van der Waals surface area contributed by atoms with Gasteiger partial charge in [-0.25, -0.2) is 0 Å². The number of amides is 1. The quantitative estimate of drug-likeness (QED) is 0.796. The third-order valence-electron chi connectivity index (χ3n) is 4.30. The first-order valence-corrected chi connectivity index (χ1v) is 8.86. The van der Waals surface area contributed by atoms with Gasteiger partial charge < -0.3 is 13.7 Å². The highest BCUT2D eigenvalue weighted by molar-refractivity contribution is 7.99. The normalized spacial score (nSPS) is 21.6. The molecule has 1 aliphatic heterocycles. The second-order valence-corrected chi connectivity index (χ2v) is 6.91. The fourth-order valence-electron chi connectivity index (χ4n) is 3.09. The molecule has 23 heavy (non-hydrogen) atoms. The molecule has 3 rings (SSSR count). The molecule has 7 heteroatoms. The molecule has 0 aromatic carbocycles. The Morgan fingerprint density at radius 2 is 2.09 bits per heavy atom. The van der Waals surface area contributed by atoms with Crippen molar-refractivity contribution in [1.82, 2.24) is 15.1 Å². The Hall–Kier alpha value is -1.76. The van der Waals surface area contributed by atoms with Crippen LogP contribution in [-0.4, -0.2) is 38.8 Å². The van der Waals surface area contributed by atoms with Crippen molar-refractivity contribution in [3.05, 3.63) is 18.1 Å². The summed E-state index contributed by atoms with van der Waals surface area (Å²) in [5.41, 5.74) is 0.786. The number of furan rings is 1. The van der Waals surface area contributed by atoms with Crippen molar-refractivity contribution < 1.29 is 13.6 Å². The molecule has 0 bridgehead atoms. The van der Waals surface area contributed by atoms with Crippen LogP contribution >= 0.6 is 11.8 Å². The van der Waals surface area contributed by atoms with E-state index < -0.39 is 0 Å². The Kier molecular flexibility index (Phi) is 4.75.